The number of rotatable bonds is 7. The largest absolute Gasteiger partial charge is 0.310 e. The first kappa shape index (κ1) is 15.1. The Bertz CT molecular complexity index is 528. The van der Waals surface area contributed by atoms with Crippen molar-refractivity contribution in [3.63, 3.8) is 0 Å². The molecule has 0 aliphatic rings. The number of benzene rings is 2. The molecule has 0 saturated heterocycles. The summed E-state index contributed by atoms with van der Waals surface area (Å²) < 4.78 is 0. The third-order valence-corrected chi connectivity index (χ3v) is 4.35. The number of fused-ring (bicyclic) bond motifs is 1. The van der Waals surface area contributed by atoms with Gasteiger partial charge >= 0.3 is 0 Å². The second kappa shape index (κ2) is 7.44. The van der Waals surface area contributed by atoms with Gasteiger partial charge in [-0.15, -0.1) is 0 Å². The Kier molecular flexibility index (Phi) is 5.60. The summed E-state index contributed by atoms with van der Waals surface area (Å²) in [4.78, 5) is 0. The van der Waals surface area contributed by atoms with E-state index in [1.165, 1.54) is 35.6 Å². The minimum atomic E-state index is 0.481. The molecule has 20 heavy (non-hydrogen) atoms. The second-order valence-corrected chi connectivity index (χ2v) is 5.64. The van der Waals surface area contributed by atoms with Crippen LogP contribution in [0, 0.1) is 5.92 Å². The molecule has 2 aromatic carbocycles. The minimum Gasteiger partial charge on any atom is -0.310 e. The molecule has 0 aliphatic heterocycles. The van der Waals surface area contributed by atoms with E-state index in [4.69, 9.17) is 0 Å². The van der Waals surface area contributed by atoms with Gasteiger partial charge in [0.1, 0.15) is 0 Å². The Morgan fingerprint density at radius 1 is 0.900 bits per heavy atom. The van der Waals surface area contributed by atoms with Gasteiger partial charge in [-0.1, -0.05) is 70.0 Å². The van der Waals surface area contributed by atoms with Crippen LogP contribution in [0.3, 0.4) is 0 Å². The fraction of sp³-hybridized carbons (Fsp3) is 0.474. The van der Waals surface area contributed by atoms with E-state index in [-0.39, 0.29) is 0 Å². The van der Waals surface area contributed by atoms with Gasteiger partial charge < -0.3 is 5.32 Å². The summed E-state index contributed by atoms with van der Waals surface area (Å²) in [6, 6.07) is 16.0. The standard InChI is InChI=1S/C19H27N/c1-4-15(5-2)13-19(20-6-3)18-12-11-16-9-7-8-10-17(16)14-18/h7-12,14-15,19-20H,4-6,13H2,1-3H3. The first-order valence-electron chi connectivity index (χ1n) is 8.00. The summed E-state index contributed by atoms with van der Waals surface area (Å²) in [5, 5.41) is 6.34. The van der Waals surface area contributed by atoms with Crippen LogP contribution in [-0.4, -0.2) is 6.54 Å². The summed E-state index contributed by atoms with van der Waals surface area (Å²) in [7, 11) is 0. The zero-order chi connectivity index (χ0) is 14.4. The monoisotopic (exact) mass is 269 g/mol. The molecule has 0 spiro atoms. The van der Waals surface area contributed by atoms with E-state index in [0.29, 0.717) is 6.04 Å². The normalized spacial score (nSPS) is 13.0. The molecule has 0 amide bonds. The Morgan fingerprint density at radius 3 is 2.25 bits per heavy atom. The maximum Gasteiger partial charge on any atom is 0.0322 e. The molecule has 0 aromatic heterocycles. The van der Waals surface area contributed by atoms with Gasteiger partial charge in [0.05, 0.1) is 0 Å². The highest BCUT2D eigenvalue weighted by Gasteiger charge is 2.15. The molecule has 1 heteroatoms. The fourth-order valence-corrected chi connectivity index (χ4v) is 2.96. The molecular weight excluding hydrogens is 242 g/mol. The van der Waals surface area contributed by atoms with Gasteiger partial charge in [-0.25, -0.2) is 0 Å². The first-order chi connectivity index (χ1) is 9.78. The predicted molar refractivity (Wildman–Crippen MR) is 89.1 cm³/mol. The van der Waals surface area contributed by atoms with Gasteiger partial charge in [-0.05, 0) is 41.3 Å². The molecule has 0 aliphatic carbocycles. The van der Waals surface area contributed by atoms with E-state index >= 15 is 0 Å². The van der Waals surface area contributed by atoms with Crippen LogP contribution in [0.5, 0.6) is 0 Å². The summed E-state index contributed by atoms with van der Waals surface area (Å²) in [5.41, 5.74) is 1.43. The van der Waals surface area contributed by atoms with Gasteiger partial charge in [-0.2, -0.15) is 0 Å². The van der Waals surface area contributed by atoms with E-state index in [2.05, 4.69) is 68.6 Å². The molecule has 108 valence electrons. The van der Waals surface area contributed by atoms with Crippen molar-refractivity contribution in [3.8, 4) is 0 Å². The van der Waals surface area contributed by atoms with Crippen molar-refractivity contribution in [2.75, 3.05) is 6.54 Å². The summed E-state index contributed by atoms with van der Waals surface area (Å²) >= 11 is 0. The van der Waals surface area contributed by atoms with Crippen LogP contribution in [0.25, 0.3) is 10.8 Å². The van der Waals surface area contributed by atoms with Crippen molar-refractivity contribution in [2.45, 2.75) is 46.1 Å². The van der Waals surface area contributed by atoms with Crippen molar-refractivity contribution >= 4 is 10.8 Å². The van der Waals surface area contributed by atoms with Gasteiger partial charge in [0.25, 0.3) is 0 Å². The first-order valence-corrected chi connectivity index (χ1v) is 8.00. The Labute approximate surface area is 123 Å². The second-order valence-electron chi connectivity index (χ2n) is 5.64. The van der Waals surface area contributed by atoms with Gasteiger partial charge in [-0.3, -0.25) is 0 Å². The van der Waals surface area contributed by atoms with E-state index in [0.717, 1.165) is 12.5 Å². The zero-order valence-electron chi connectivity index (χ0n) is 13.0. The fourth-order valence-electron chi connectivity index (χ4n) is 2.96. The van der Waals surface area contributed by atoms with Gasteiger partial charge in [0.15, 0.2) is 0 Å². The molecule has 0 fully saturated rings. The van der Waals surface area contributed by atoms with E-state index in [1.54, 1.807) is 0 Å². The van der Waals surface area contributed by atoms with Crippen LogP contribution in [0.15, 0.2) is 42.5 Å². The zero-order valence-corrected chi connectivity index (χ0v) is 13.0. The summed E-state index contributed by atoms with van der Waals surface area (Å²) in [6.45, 7) is 7.83. The topological polar surface area (TPSA) is 12.0 Å². The van der Waals surface area contributed by atoms with Crippen molar-refractivity contribution < 1.29 is 0 Å². The lowest BCUT2D eigenvalue weighted by Gasteiger charge is -2.23. The predicted octanol–water partition coefficient (Wildman–Crippen LogP) is 5.32. The molecule has 0 bridgehead atoms. The molecular formula is C19H27N. The molecule has 1 N–H and O–H groups in total. The quantitative estimate of drug-likeness (QED) is 0.717. The third kappa shape index (κ3) is 3.61. The Morgan fingerprint density at radius 2 is 1.60 bits per heavy atom. The van der Waals surface area contributed by atoms with Crippen molar-refractivity contribution in [1.29, 1.82) is 0 Å². The van der Waals surface area contributed by atoms with Crippen molar-refractivity contribution in [1.82, 2.24) is 5.32 Å². The maximum atomic E-state index is 3.66. The SMILES string of the molecule is CCNC(CC(CC)CC)c1ccc2ccccc2c1. The maximum absolute atomic E-state index is 3.66. The molecule has 0 heterocycles. The van der Waals surface area contributed by atoms with Crippen molar-refractivity contribution in [3.05, 3.63) is 48.0 Å². The van der Waals surface area contributed by atoms with E-state index < -0.39 is 0 Å². The average Bonchev–Trinajstić information content (AvgIpc) is 2.51. The molecule has 1 nitrogen and oxygen atoms in total. The van der Waals surface area contributed by atoms with Crippen LogP contribution < -0.4 is 5.32 Å². The highest BCUT2D eigenvalue weighted by molar-refractivity contribution is 5.83. The molecule has 2 aromatic rings. The number of hydrogen-bond donors (Lipinski definition) is 1. The average molecular weight is 269 g/mol. The molecule has 1 unspecified atom stereocenters. The van der Waals surface area contributed by atoms with Crippen LogP contribution in [0.1, 0.15) is 51.6 Å². The van der Waals surface area contributed by atoms with E-state index in [9.17, 15) is 0 Å². The molecule has 1 atom stereocenters. The summed E-state index contributed by atoms with van der Waals surface area (Å²) in [5.74, 6) is 0.811. The Balaban J connectivity index is 2.25. The Hall–Kier alpha value is -1.34. The molecule has 0 radical (unpaired) electrons. The lowest BCUT2D eigenvalue weighted by molar-refractivity contribution is 0.376. The highest BCUT2D eigenvalue weighted by atomic mass is 14.9. The van der Waals surface area contributed by atoms with Gasteiger partial charge in [0.2, 0.25) is 0 Å². The number of hydrogen-bond acceptors (Lipinski definition) is 1. The lowest BCUT2D eigenvalue weighted by atomic mass is 9.90. The van der Waals surface area contributed by atoms with Gasteiger partial charge in [0, 0.05) is 6.04 Å². The van der Waals surface area contributed by atoms with Crippen LogP contribution in [0.4, 0.5) is 0 Å². The highest BCUT2D eigenvalue weighted by Crippen LogP contribution is 2.27. The molecule has 2 rings (SSSR count). The lowest BCUT2D eigenvalue weighted by Crippen LogP contribution is -2.23. The van der Waals surface area contributed by atoms with Crippen LogP contribution in [-0.2, 0) is 0 Å². The minimum absolute atomic E-state index is 0.481. The van der Waals surface area contributed by atoms with E-state index in [1.807, 2.05) is 0 Å². The third-order valence-electron chi connectivity index (χ3n) is 4.35. The smallest absolute Gasteiger partial charge is 0.0322 e. The van der Waals surface area contributed by atoms with Crippen molar-refractivity contribution in [2.24, 2.45) is 5.92 Å². The number of nitrogens with one attached hydrogen (secondary N) is 1. The molecule has 0 saturated carbocycles. The van der Waals surface area contributed by atoms with Crippen LogP contribution >= 0.6 is 0 Å². The van der Waals surface area contributed by atoms with Crippen LogP contribution in [0.2, 0.25) is 0 Å². The summed E-state index contributed by atoms with van der Waals surface area (Å²) in [6.07, 6.45) is 3.77.